The van der Waals surface area contributed by atoms with Crippen LogP contribution in [0.1, 0.15) is 12.3 Å². The SMILES string of the molecule is COC(=O)C1CCN(Cc2ncc(-c3ccccc3)o2)C1. The smallest absolute Gasteiger partial charge is 0.310 e. The number of ether oxygens (including phenoxy) is 1. The van der Waals surface area contributed by atoms with Crippen LogP contribution in [0.25, 0.3) is 11.3 Å². The third kappa shape index (κ3) is 3.13. The van der Waals surface area contributed by atoms with Crippen LogP contribution in [0.5, 0.6) is 0 Å². The van der Waals surface area contributed by atoms with Crippen molar-refractivity contribution < 1.29 is 13.9 Å². The van der Waals surface area contributed by atoms with Crippen molar-refractivity contribution in [3.8, 4) is 11.3 Å². The molecule has 5 heteroatoms. The van der Waals surface area contributed by atoms with Crippen molar-refractivity contribution in [3.05, 3.63) is 42.4 Å². The van der Waals surface area contributed by atoms with Crippen molar-refractivity contribution in [2.24, 2.45) is 5.92 Å². The van der Waals surface area contributed by atoms with Crippen LogP contribution < -0.4 is 0 Å². The largest absolute Gasteiger partial charge is 0.469 e. The van der Waals surface area contributed by atoms with Gasteiger partial charge >= 0.3 is 5.97 Å². The Kier molecular flexibility index (Phi) is 4.01. The molecule has 1 saturated heterocycles. The first-order valence-electron chi connectivity index (χ1n) is 7.06. The number of carbonyl (C=O) groups excluding carboxylic acids is 1. The average molecular weight is 286 g/mol. The monoisotopic (exact) mass is 286 g/mol. The zero-order chi connectivity index (χ0) is 14.7. The van der Waals surface area contributed by atoms with Crippen molar-refractivity contribution in [1.29, 1.82) is 0 Å². The van der Waals surface area contributed by atoms with E-state index in [4.69, 9.17) is 9.15 Å². The summed E-state index contributed by atoms with van der Waals surface area (Å²) in [5.41, 5.74) is 1.02. The van der Waals surface area contributed by atoms with E-state index >= 15 is 0 Å². The molecule has 1 aliphatic heterocycles. The van der Waals surface area contributed by atoms with E-state index < -0.39 is 0 Å². The number of nitrogens with zero attached hydrogens (tertiary/aromatic N) is 2. The molecule has 1 atom stereocenters. The lowest BCUT2D eigenvalue weighted by Gasteiger charge is -2.12. The van der Waals surface area contributed by atoms with Crippen molar-refractivity contribution in [1.82, 2.24) is 9.88 Å². The molecule has 1 unspecified atom stereocenters. The van der Waals surface area contributed by atoms with E-state index in [-0.39, 0.29) is 11.9 Å². The number of aromatic nitrogens is 1. The minimum atomic E-state index is -0.130. The molecule has 1 aliphatic rings. The van der Waals surface area contributed by atoms with Crippen LogP contribution in [0.4, 0.5) is 0 Å². The molecular weight excluding hydrogens is 268 g/mol. The van der Waals surface area contributed by atoms with Crippen LogP contribution in [0.3, 0.4) is 0 Å². The molecule has 2 aromatic rings. The molecule has 1 aromatic carbocycles. The minimum absolute atomic E-state index is 0.0291. The minimum Gasteiger partial charge on any atom is -0.469 e. The van der Waals surface area contributed by atoms with Gasteiger partial charge in [-0.15, -0.1) is 0 Å². The molecule has 0 spiro atoms. The summed E-state index contributed by atoms with van der Waals surface area (Å²) in [6, 6.07) is 9.90. The first-order valence-corrected chi connectivity index (χ1v) is 7.06. The Morgan fingerprint density at radius 3 is 3.00 bits per heavy atom. The predicted molar refractivity (Wildman–Crippen MR) is 77.3 cm³/mol. The van der Waals surface area contributed by atoms with Gasteiger partial charge in [-0.05, 0) is 13.0 Å². The molecule has 0 amide bonds. The second-order valence-corrected chi connectivity index (χ2v) is 5.23. The van der Waals surface area contributed by atoms with E-state index in [9.17, 15) is 4.79 Å². The van der Waals surface area contributed by atoms with Crippen molar-refractivity contribution >= 4 is 5.97 Å². The number of rotatable bonds is 4. The maximum Gasteiger partial charge on any atom is 0.310 e. The molecule has 3 rings (SSSR count). The van der Waals surface area contributed by atoms with Gasteiger partial charge in [-0.1, -0.05) is 30.3 Å². The molecule has 21 heavy (non-hydrogen) atoms. The molecule has 2 heterocycles. The standard InChI is InChI=1S/C16H18N2O3/c1-20-16(19)13-7-8-18(10-13)11-15-17-9-14(21-15)12-5-3-2-4-6-12/h2-6,9,13H,7-8,10-11H2,1H3. The highest BCUT2D eigenvalue weighted by Gasteiger charge is 2.29. The number of carbonyl (C=O) groups is 1. The number of esters is 1. The normalized spacial score (nSPS) is 18.8. The summed E-state index contributed by atoms with van der Waals surface area (Å²) in [5, 5.41) is 0. The van der Waals surface area contributed by atoms with Gasteiger partial charge in [-0.25, -0.2) is 4.98 Å². The second kappa shape index (κ2) is 6.10. The number of likely N-dealkylation sites (tertiary alicyclic amines) is 1. The van der Waals surface area contributed by atoms with Gasteiger partial charge in [-0.2, -0.15) is 0 Å². The third-order valence-electron chi connectivity index (χ3n) is 3.78. The summed E-state index contributed by atoms with van der Waals surface area (Å²) in [6.07, 6.45) is 2.58. The Bertz CT molecular complexity index is 609. The first-order chi connectivity index (χ1) is 10.3. The van der Waals surface area contributed by atoms with E-state index in [1.807, 2.05) is 30.3 Å². The fourth-order valence-corrected chi connectivity index (χ4v) is 2.65. The van der Waals surface area contributed by atoms with E-state index in [2.05, 4.69) is 9.88 Å². The molecule has 5 nitrogen and oxygen atoms in total. The van der Waals surface area contributed by atoms with Crippen LogP contribution in [0.2, 0.25) is 0 Å². The van der Waals surface area contributed by atoms with E-state index in [1.165, 1.54) is 7.11 Å². The number of oxazole rings is 1. The molecule has 110 valence electrons. The fraction of sp³-hybridized carbons (Fsp3) is 0.375. The summed E-state index contributed by atoms with van der Waals surface area (Å²) < 4.78 is 10.6. The summed E-state index contributed by atoms with van der Waals surface area (Å²) in [7, 11) is 1.44. The van der Waals surface area contributed by atoms with Crippen LogP contribution in [-0.4, -0.2) is 36.1 Å². The Hall–Kier alpha value is -2.14. The van der Waals surface area contributed by atoms with Crippen molar-refractivity contribution in [2.75, 3.05) is 20.2 Å². The van der Waals surface area contributed by atoms with Crippen LogP contribution in [0.15, 0.2) is 40.9 Å². The van der Waals surface area contributed by atoms with Gasteiger partial charge < -0.3 is 9.15 Å². The summed E-state index contributed by atoms with van der Waals surface area (Å²) >= 11 is 0. The Labute approximate surface area is 123 Å². The number of methoxy groups -OCH3 is 1. The fourth-order valence-electron chi connectivity index (χ4n) is 2.65. The van der Waals surface area contributed by atoms with Crippen molar-refractivity contribution in [3.63, 3.8) is 0 Å². The van der Waals surface area contributed by atoms with E-state index in [0.717, 1.165) is 24.3 Å². The summed E-state index contributed by atoms with van der Waals surface area (Å²) in [4.78, 5) is 18.0. The molecule has 0 saturated carbocycles. The van der Waals surface area contributed by atoms with Gasteiger partial charge in [0.1, 0.15) is 0 Å². The summed E-state index contributed by atoms with van der Waals surface area (Å²) in [5.74, 6) is 1.29. The lowest BCUT2D eigenvalue weighted by molar-refractivity contribution is -0.144. The quantitative estimate of drug-likeness (QED) is 0.807. The highest BCUT2D eigenvalue weighted by molar-refractivity contribution is 5.72. The maximum absolute atomic E-state index is 11.5. The van der Waals surface area contributed by atoms with Crippen molar-refractivity contribution in [2.45, 2.75) is 13.0 Å². The number of benzene rings is 1. The van der Waals surface area contributed by atoms with Gasteiger partial charge in [-0.3, -0.25) is 9.69 Å². The van der Waals surface area contributed by atoms with Gasteiger partial charge in [0.2, 0.25) is 5.89 Å². The van der Waals surface area contributed by atoms with Crippen LogP contribution >= 0.6 is 0 Å². The molecule has 0 N–H and O–H groups in total. The predicted octanol–water partition coefficient (Wildman–Crippen LogP) is 2.34. The van der Waals surface area contributed by atoms with Gasteiger partial charge in [0.25, 0.3) is 0 Å². The highest BCUT2D eigenvalue weighted by atomic mass is 16.5. The zero-order valence-electron chi connectivity index (χ0n) is 12.0. The average Bonchev–Trinajstić information content (AvgIpc) is 3.17. The zero-order valence-corrected chi connectivity index (χ0v) is 12.0. The topological polar surface area (TPSA) is 55.6 Å². The highest BCUT2D eigenvalue weighted by Crippen LogP contribution is 2.23. The molecule has 0 aliphatic carbocycles. The molecule has 0 bridgehead atoms. The Morgan fingerprint density at radius 1 is 1.43 bits per heavy atom. The Balaban J connectivity index is 1.62. The van der Waals surface area contributed by atoms with Crippen LogP contribution in [-0.2, 0) is 16.1 Å². The number of hydrogen-bond donors (Lipinski definition) is 0. The molecule has 1 fully saturated rings. The Morgan fingerprint density at radius 2 is 2.24 bits per heavy atom. The van der Waals surface area contributed by atoms with E-state index in [1.54, 1.807) is 6.20 Å². The van der Waals surface area contributed by atoms with Crippen LogP contribution in [0, 0.1) is 5.92 Å². The lowest BCUT2D eigenvalue weighted by atomic mass is 10.1. The first kappa shape index (κ1) is 13.8. The van der Waals surface area contributed by atoms with Gasteiger partial charge in [0.05, 0.1) is 25.8 Å². The van der Waals surface area contributed by atoms with Gasteiger partial charge in [0.15, 0.2) is 5.76 Å². The third-order valence-corrected chi connectivity index (χ3v) is 3.78. The molecule has 0 radical (unpaired) electrons. The summed E-state index contributed by atoms with van der Waals surface area (Å²) in [6.45, 7) is 2.19. The van der Waals surface area contributed by atoms with Gasteiger partial charge in [0, 0.05) is 12.1 Å². The second-order valence-electron chi connectivity index (χ2n) is 5.23. The van der Waals surface area contributed by atoms with E-state index in [0.29, 0.717) is 19.0 Å². The maximum atomic E-state index is 11.5. The lowest BCUT2D eigenvalue weighted by Crippen LogP contribution is -2.23. The molecular formula is C16H18N2O3. The molecule has 1 aromatic heterocycles. The number of hydrogen-bond acceptors (Lipinski definition) is 5.